The number of aliphatic hydroxyl groups excluding tert-OH is 3. The van der Waals surface area contributed by atoms with Crippen LogP contribution in [0.2, 0.25) is 0 Å². The summed E-state index contributed by atoms with van der Waals surface area (Å²) in [5.74, 6) is -0.406. The fourth-order valence-corrected chi connectivity index (χ4v) is 3.65. The number of nitrogens with two attached hydrogens (primary N) is 1. The molecule has 0 amide bonds. The average molecular weight is 588 g/mol. The lowest BCUT2D eigenvalue weighted by Crippen LogP contribution is -2.50. The highest BCUT2D eigenvalue weighted by Crippen LogP contribution is 2.33. The monoisotopic (exact) mass is 587 g/mol. The standard InChI is InChI=1S/C23H23F3N2O3.C4H11NO3.H2S/c1-4-5-20(16-6-8-17(9-7-16)22(29)30)31-19-10-14(2)21(15(3)11-19)28-13-18(12-27-28)23(24,25)26;5-4(1-6,2-7)3-8;/h6-13,20H,4-5H2,1-3H3,(H,29,30);6-8H,1-3,5H2;1H2/t20-;;/m0../s1. The van der Waals surface area contributed by atoms with E-state index in [4.69, 9.17) is 30.9 Å². The van der Waals surface area contributed by atoms with Gasteiger partial charge in [0, 0.05) is 6.20 Å². The van der Waals surface area contributed by atoms with Crippen LogP contribution in [0.1, 0.15) is 58.5 Å². The summed E-state index contributed by atoms with van der Waals surface area (Å²) in [6.45, 7) is 4.40. The topological polar surface area (TPSA) is 151 Å². The summed E-state index contributed by atoms with van der Waals surface area (Å²) in [5, 5.41) is 38.0. The number of rotatable bonds is 10. The third-order valence-corrected chi connectivity index (χ3v) is 5.91. The number of nitrogens with zero attached hydrogens (tertiary/aromatic N) is 2. The molecule has 2 aromatic carbocycles. The molecule has 9 nitrogen and oxygen atoms in total. The molecule has 0 saturated carbocycles. The van der Waals surface area contributed by atoms with Crippen molar-refractivity contribution in [2.45, 2.75) is 51.4 Å². The van der Waals surface area contributed by atoms with Crippen molar-refractivity contribution in [2.24, 2.45) is 5.73 Å². The Balaban J connectivity index is 0.000000777. The molecule has 0 aliphatic heterocycles. The number of carbonyl (C=O) groups is 1. The lowest BCUT2D eigenvalue weighted by atomic mass is 10.0. The van der Waals surface area contributed by atoms with Crippen LogP contribution in [0.5, 0.6) is 5.75 Å². The highest BCUT2D eigenvalue weighted by Gasteiger charge is 2.32. The summed E-state index contributed by atoms with van der Waals surface area (Å²) < 4.78 is 46.2. The Labute approximate surface area is 237 Å². The van der Waals surface area contributed by atoms with Gasteiger partial charge in [0.2, 0.25) is 0 Å². The van der Waals surface area contributed by atoms with Gasteiger partial charge in [0.1, 0.15) is 11.9 Å². The summed E-state index contributed by atoms with van der Waals surface area (Å²) in [7, 11) is 0. The number of hydrogen-bond donors (Lipinski definition) is 5. The molecule has 40 heavy (non-hydrogen) atoms. The minimum atomic E-state index is -4.45. The fraction of sp³-hybridized carbons (Fsp3) is 0.407. The van der Waals surface area contributed by atoms with E-state index in [0.29, 0.717) is 11.4 Å². The summed E-state index contributed by atoms with van der Waals surface area (Å²) in [6.07, 6.45) is -1.37. The van der Waals surface area contributed by atoms with Gasteiger partial charge in [-0.15, -0.1) is 0 Å². The molecule has 3 aromatic rings. The number of carboxylic acids is 1. The van der Waals surface area contributed by atoms with E-state index in [1.807, 2.05) is 6.92 Å². The van der Waals surface area contributed by atoms with Gasteiger partial charge in [-0.05, 0) is 61.2 Å². The van der Waals surface area contributed by atoms with E-state index >= 15 is 0 Å². The van der Waals surface area contributed by atoms with E-state index in [1.165, 1.54) is 4.68 Å². The highest BCUT2D eigenvalue weighted by molar-refractivity contribution is 7.59. The molecule has 3 rings (SSSR count). The van der Waals surface area contributed by atoms with Crippen LogP contribution in [0, 0.1) is 13.8 Å². The quantitative estimate of drug-likeness (QED) is 0.240. The first-order valence-electron chi connectivity index (χ1n) is 12.1. The molecule has 0 aliphatic carbocycles. The van der Waals surface area contributed by atoms with Crippen molar-refractivity contribution in [3.8, 4) is 11.4 Å². The van der Waals surface area contributed by atoms with Crippen molar-refractivity contribution in [2.75, 3.05) is 19.8 Å². The average Bonchev–Trinajstić information content (AvgIpc) is 3.38. The zero-order valence-corrected chi connectivity index (χ0v) is 23.4. The third kappa shape index (κ3) is 9.24. The van der Waals surface area contributed by atoms with Crippen LogP contribution in [0.3, 0.4) is 0 Å². The smallest absolute Gasteiger partial charge is 0.419 e. The molecular weight excluding hydrogens is 551 g/mol. The Morgan fingerprint density at radius 3 is 1.95 bits per heavy atom. The third-order valence-electron chi connectivity index (χ3n) is 5.91. The van der Waals surface area contributed by atoms with Crippen LogP contribution >= 0.6 is 13.5 Å². The molecule has 1 heterocycles. The number of alkyl halides is 3. The molecule has 0 saturated heterocycles. The van der Waals surface area contributed by atoms with Gasteiger partial charge in [0.15, 0.2) is 0 Å². The van der Waals surface area contributed by atoms with Gasteiger partial charge in [0.25, 0.3) is 0 Å². The first-order valence-corrected chi connectivity index (χ1v) is 12.1. The molecule has 1 atom stereocenters. The van der Waals surface area contributed by atoms with Crippen molar-refractivity contribution < 1.29 is 43.1 Å². The van der Waals surface area contributed by atoms with Gasteiger partial charge in [-0.3, -0.25) is 0 Å². The summed E-state index contributed by atoms with van der Waals surface area (Å²) in [6, 6.07) is 10.1. The number of benzene rings is 2. The largest absolute Gasteiger partial charge is 0.486 e. The number of aliphatic hydroxyl groups is 3. The van der Waals surface area contributed by atoms with E-state index in [1.54, 1.807) is 50.2 Å². The molecule has 222 valence electrons. The molecule has 0 aliphatic rings. The maximum absolute atomic E-state index is 12.9. The first-order chi connectivity index (χ1) is 18.3. The van der Waals surface area contributed by atoms with Crippen molar-refractivity contribution >= 4 is 19.5 Å². The van der Waals surface area contributed by atoms with Crippen LogP contribution in [0.25, 0.3) is 5.69 Å². The summed E-state index contributed by atoms with van der Waals surface area (Å²) in [4.78, 5) is 11.1. The van der Waals surface area contributed by atoms with Crippen LogP contribution in [0.15, 0.2) is 48.8 Å². The zero-order chi connectivity index (χ0) is 29.4. The molecule has 0 bridgehead atoms. The Bertz CT molecular complexity index is 1200. The summed E-state index contributed by atoms with van der Waals surface area (Å²) in [5.41, 5.74) is 6.21. The number of aromatic nitrogens is 2. The predicted molar refractivity (Wildman–Crippen MR) is 148 cm³/mol. The Morgan fingerprint density at radius 2 is 1.57 bits per heavy atom. The Hall–Kier alpha value is -3.10. The Kier molecular flexibility index (Phi) is 13.1. The maximum atomic E-state index is 12.9. The van der Waals surface area contributed by atoms with E-state index in [2.05, 4.69) is 5.10 Å². The van der Waals surface area contributed by atoms with E-state index < -0.39 is 43.1 Å². The van der Waals surface area contributed by atoms with Gasteiger partial charge in [0.05, 0.1) is 48.4 Å². The van der Waals surface area contributed by atoms with Gasteiger partial charge < -0.3 is 30.9 Å². The number of carboxylic acid groups (broad SMARTS) is 1. The van der Waals surface area contributed by atoms with Crippen LogP contribution < -0.4 is 10.5 Å². The maximum Gasteiger partial charge on any atom is 0.419 e. The second kappa shape index (κ2) is 15.1. The normalized spacial score (nSPS) is 12.2. The van der Waals surface area contributed by atoms with E-state index in [-0.39, 0.29) is 25.2 Å². The number of aromatic carboxylic acids is 1. The molecule has 0 radical (unpaired) electrons. The zero-order valence-electron chi connectivity index (χ0n) is 22.4. The van der Waals surface area contributed by atoms with Gasteiger partial charge in [-0.1, -0.05) is 25.5 Å². The van der Waals surface area contributed by atoms with E-state index in [9.17, 15) is 18.0 Å². The predicted octanol–water partition coefficient (Wildman–Crippen LogP) is 3.90. The van der Waals surface area contributed by atoms with Gasteiger partial charge in [-0.2, -0.15) is 31.8 Å². The molecule has 0 unspecified atom stereocenters. The lowest BCUT2D eigenvalue weighted by molar-refractivity contribution is -0.137. The van der Waals surface area contributed by atoms with Crippen LogP contribution in [0.4, 0.5) is 13.2 Å². The first kappa shape index (κ1) is 34.9. The van der Waals surface area contributed by atoms with Crippen molar-refractivity contribution in [3.63, 3.8) is 0 Å². The fourth-order valence-electron chi connectivity index (χ4n) is 3.65. The van der Waals surface area contributed by atoms with Crippen molar-refractivity contribution in [3.05, 3.63) is 76.6 Å². The second-order valence-electron chi connectivity index (χ2n) is 9.24. The van der Waals surface area contributed by atoms with E-state index in [0.717, 1.165) is 41.9 Å². The molecule has 6 N–H and O–H groups in total. The van der Waals surface area contributed by atoms with Gasteiger partial charge >= 0.3 is 12.1 Å². The minimum absolute atomic E-state index is 0. The highest BCUT2D eigenvalue weighted by atomic mass is 32.1. The van der Waals surface area contributed by atoms with Crippen molar-refractivity contribution in [1.29, 1.82) is 0 Å². The Morgan fingerprint density at radius 1 is 1.05 bits per heavy atom. The molecule has 0 spiro atoms. The molecular formula is C27H36F3N3O6S. The van der Waals surface area contributed by atoms with Crippen LogP contribution in [-0.4, -0.2) is 61.5 Å². The number of halogens is 3. The molecule has 13 heteroatoms. The van der Waals surface area contributed by atoms with Crippen LogP contribution in [-0.2, 0) is 6.18 Å². The molecule has 1 aromatic heterocycles. The summed E-state index contributed by atoms with van der Waals surface area (Å²) >= 11 is 0. The lowest BCUT2D eigenvalue weighted by Gasteiger charge is -2.21. The van der Waals surface area contributed by atoms with Crippen molar-refractivity contribution in [1.82, 2.24) is 9.78 Å². The molecule has 0 fully saturated rings. The second-order valence-corrected chi connectivity index (χ2v) is 9.24. The number of aryl methyl sites for hydroxylation is 2. The number of ether oxygens (including phenoxy) is 1. The SMILES string of the molecule is CCC[C@H](Oc1cc(C)c(-n2cc(C(F)(F)F)cn2)c(C)c1)c1ccc(C(=O)O)cc1.NC(CO)(CO)CO.S. The van der Waals surface area contributed by atoms with Gasteiger partial charge in [-0.25, -0.2) is 9.48 Å². The number of hydrogen-bond acceptors (Lipinski definition) is 7. The minimum Gasteiger partial charge on any atom is -0.486 e.